The summed E-state index contributed by atoms with van der Waals surface area (Å²) in [6.07, 6.45) is 0.899. The second kappa shape index (κ2) is 6.75. The van der Waals surface area contributed by atoms with E-state index in [1.165, 1.54) is 0 Å². The van der Waals surface area contributed by atoms with Crippen molar-refractivity contribution in [3.05, 3.63) is 64.7 Å². The highest BCUT2D eigenvalue weighted by Gasteiger charge is 2.40. The number of anilines is 1. The lowest BCUT2D eigenvalue weighted by atomic mass is 9.84. The number of hydrogen-bond donors (Lipinski definition) is 1. The minimum Gasteiger partial charge on any atom is -0.362 e. The Hall–Kier alpha value is -2.17. The topological polar surface area (TPSA) is 55.4 Å². The van der Waals surface area contributed by atoms with Crippen LogP contribution >= 0.6 is 11.6 Å². The quantitative estimate of drug-likeness (QED) is 0.844. The van der Waals surface area contributed by atoms with E-state index in [1.807, 2.05) is 37.3 Å². The molecule has 0 aliphatic carbocycles. The first kappa shape index (κ1) is 16.7. The number of amides is 1. The Morgan fingerprint density at radius 1 is 1.21 bits per heavy atom. The average molecular weight is 344 g/mol. The smallest absolute Gasteiger partial charge is 0.211 e. The molecule has 0 bridgehead atoms. The van der Waals surface area contributed by atoms with Crippen LogP contribution in [0.5, 0.6) is 0 Å². The lowest BCUT2D eigenvalue weighted by molar-refractivity contribution is -0.155. The van der Waals surface area contributed by atoms with Gasteiger partial charge in [-0.1, -0.05) is 41.9 Å². The van der Waals surface area contributed by atoms with Gasteiger partial charge in [0.25, 0.3) is 0 Å². The lowest BCUT2D eigenvalue weighted by Gasteiger charge is -2.39. The summed E-state index contributed by atoms with van der Waals surface area (Å²) in [5, 5.41) is 3.33. The molecule has 2 aromatic carbocycles. The number of nitrogens with one attached hydrogen (secondary N) is 1. The Balaban J connectivity index is 1.96. The van der Waals surface area contributed by atoms with Crippen molar-refractivity contribution in [2.24, 2.45) is 0 Å². The van der Waals surface area contributed by atoms with Gasteiger partial charge in [0.1, 0.15) is 11.4 Å². The molecular weight excluding hydrogens is 326 g/mol. The van der Waals surface area contributed by atoms with Crippen LogP contribution in [0.2, 0.25) is 5.02 Å². The fraction of sp³-hybridized carbons (Fsp3) is 0.263. The molecule has 5 heteroatoms. The number of carbonyl (C=O) groups excluding carboxylic acids is 2. The van der Waals surface area contributed by atoms with E-state index in [1.54, 1.807) is 18.2 Å². The number of halogens is 1. The van der Waals surface area contributed by atoms with Crippen LogP contribution in [-0.2, 0) is 19.9 Å². The predicted molar refractivity (Wildman–Crippen MR) is 93.0 cm³/mol. The lowest BCUT2D eigenvalue weighted by Crippen LogP contribution is -2.37. The van der Waals surface area contributed by atoms with E-state index in [0.717, 1.165) is 11.1 Å². The highest BCUT2D eigenvalue weighted by Crippen LogP contribution is 2.43. The van der Waals surface area contributed by atoms with Crippen molar-refractivity contribution >= 4 is 29.5 Å². The number of ketones is 1. The van der Waals surface area contributed by atoms with Gasteiger partial charge < -0.3 is 10.1 Å². The monoisotopic (exact) mass is 343 g/mol. The first-order valence-electron chi connectivity index (χ1n) is 7.76. The van der Waals surface area contributed by atoms with Gasteiger partial charge in [-0.2, -0.15) is 0 Å². The van der Waals surface area contributed by atoms with E-state index < -0.39 is 5.60 Å². The maximum Gasteiger partial charge on any atom is 0.211 e. The molecule has 1 saturated heterocycles. The molecule has 124 valence electrons. The highest BCUT2D eigenvalue weighted by atomic mass is 35.5. The van der Waals surface area contributed by atoms with Crippen molar-refractivity contribution in [3.63, 3.8) is 0 Å². The van der Waals surface area contributed by atoms with E-state index in [0.29, 0.717) is 23.5 Å². The van der Waals surface area contributed by atoms with Crippen molar-refractivity contribution < 1.29 is 14.3 Å². The molecule has 1 N–H and O–H groups in total. The van der Waals surface area contributed by atoms with Crippen LogP contribution in [0.1, 0.15) is 37.0 Å². The zero-order chi connectivity index (χ0) is 17.2. The normalized spacial score (nSPS) is 23.8. The average Bonchev–Trinajstić information content (AvgIpc) is 2.55. The van der Waals surface area contributed by atoms with E-state index in [9.17, 15) is 9.59 Å². The molecule has 2 aromatic rings. The molecule has 1 amide bonds. The second-order valence-electron chi connectivity index (χ2n) is 6.12. The van der Waals surface area contributed by atoms with Gasteiger partial charge in [-0.25, -0.2) is 0 Å². The summed E-state index contributed by atoms with van der Waals surface area (Å²) in [4.78, 5) is 23.2. The largest absolute Gasteiger partial charge is 0.362 e. The molecule has 0 spiro atoms. The molecular formula is C19H18ClNO3. The third-order valence-corrected chi connectivity index (χ3v) is 4.55. The second-order valence-corrected chi connectivity index (χ2v) is 6.55. The van der Waals surface area contributed by atoms with Gasteiger partial charge >= 0.3 is 0 Å². The zero-order valence-corrected chi connectivity index (χ0v) is 14.0. The molecule has 0 radical (unpaired) electrons. The summed E-state index contributed by atoms with van der Waals surface area (Å²) in [6, 6.07) is 14.7. The number of rotatable bonds is 4. The van der Waals surface area contributed by atoms with Crippen molar-refractivity contribution in [2.45, 2.75) is 31.5 Å². The Morgan fingerprint density at radius 2 is 1.92 bits per heavy atom. The van der Waals surface area contributed by atoms with Crippen molar-refractivity contribution in [2.75, 3.05) is 5.32 Å². The first-order chi connectivity index (χ1) is 11.5. The fourth-order valence-corrected chi connectivity index (χ4v) is 3.33. The molecule has 0 saturated carbocycles. The number of benzene rings is 2. The molecule has 1 aliphatic rings. The zero-order valence-electron chi connectivity index (χ0n) is 13.3. The summed E-state index contributed by atoms with van der Waals surface area (Å²) >= 11 is 5.94. The molecule has 1 fully saturated rings. The van der Waals surface area contributed by atoms with Gasteiger partial charge in [-0.15, -0.1) is 0 Å². The summed E-state index contributed by atoms with van der Waals surface area (Å²) in [7, 11) is 0. The summed E-state index contributed by atoms with van der Waals surface area (Å²) in [5.41, 5.74) is 1.56. The highest BCUT2D eigenvalue weighted by molar-refractivity contribution is 6.30. The summed E-state index contributed by atoms with van der Waals surface area (Å²) in [6.45, 7) is 1.89. The van der Waals surface area contributed by atoms with E-state index >= 15 is 0 Å². The molecule has 2 atom stereocenters. The Labute approximate surface area is 145 Å². The minimum absolute atomic E-state index is 0.129. The molecule has 24 heavy (non-hydrogen) atoms. The van der Waals surface area contributed by atoms with Crippen LogP contribution in [0.25, 0.3) is 0 Å². The maximum atomic E-state index is 12.4. The summed E-state index contributed by atoms with van der Waals surface area (Å²) < 4.78 is 6.32. The van der Waals surface area contributed by atoms with Gasteiger partial charge in [0.2, 0.25) is 6.41 Å². The molecule has 1 aliphatic heterocycles. The van der Waals surface area contributed by atoms with E-state index in [-0.39, 0.29) is 18.3 Å². The van der Waals surface area contributed by atoms with Gasteiger partial charge in [0.05, 0.1) is 6.10 Å². The Kier molecular flexibility index (Phi) is 4.69. The Morgan fingerprint density at radius 3 is 2.62 bits per heavy atom. The SMILES string of the molecule is C[C@@]1(c2ccccc2NC=O)CC(=O)C[C@H](c2ccc(Cl)cc2)O1. The number of carbonyl (C=O) groups is 2. The van der Waals surface area contributed by atoms with Gasteiger partial charge in [-0.05, 0) is 30.7 Å². The minimum atomic E-state index is -0.799. The predicted octanol–water partition coefficient (Wildman–Crippen LogP) is 4.24. The number of hydrogen-bond acceptors (Lipinski definition) is 3. The van der Waals surface area contributed by atoms with Crippen molar-refractivity contribution in [3.8, 4) is 0 Å². The molecule has 1 heterocycles. The van der Waals surface area contributed by atoms with E-state index in [2.05, 4.69) is 5.32 Å². The van der Waals surface area contributed by atoms with E-state index in [4.69, 9.17) is 16.3 Å². The van der Waals surface area contributed by atoms with Crippen LogP contribution in [-0.4, -0.2) is 12.2 Å². The first-order valence-corrected chi connectivity index (χ1v) is 8.14. The number of ether oxygens (including phenoxy) is 1. The van der Waals surface area contributed by atoms with Gasteiger partial charge in [-0.3, -0.25) is 9.59 Å². The number of Topliss-reactive ketones (excluding diaryl/α,β-unsaturated/α-hetero) is 1. The van der Waals surface area contributed by atoms with Crippen LogP contribution in [0, 0.1) is 0 Å². The van der Waals surface area contributed by atoms with Crippen LogP contribution < -0.4 is 5.32 Å². The third kappa shape index (κ3) is 3.35. The van der Waals surface area contributed by atoms with Crippen LogP contribution in [0.3, 0.4) is 0 Å². The maximum absolute atomic E-state index is 12.4. The van der Waals surface area contributed by atoms with Gasteiger partial charge in [0.15, 0.2) is 0 Å². The number of para-hydroxylation sites is 1. The standard InChI is InChI=1S/C19H18ClNO3/c1-19(16-4-2-3-5-17(16)21-12-22)11-15(23)10-18(24-19)13-6-8-14(20)9-7-13/h2-9,12,18H,10-11H2,1H3,(H,21,22)/t18-,19+/m1/s1. The van der Waals surface area contributed by atoms with Crippen molar-refractivity contribution in [1.82, 2.24) is 0 Å². The van der Waals surface area contributed by atoms with Crippen molar-refractivity contribution in [1.29, 1.82) is 0 Å². The fourth-order valence-electron chi connectivity index (χ4n) is 3.21. The van der Waals surface area contributed by atoms with Crippen LogP contribution in [0.15, 0.2) is 48.5 Å². The summed E-state index contributed by atoms with van der Waals surface area (Å²) in [5.74, 6) is 0.129. The van der Waals surface area contributed by atoms with Gasteiger partial charge in [0, 0.05) is 29.1 Å². The third-order valence-electron chi connectivity index (χ3n) is 4.30. The van der Waals surface area contributed by atoms with Crippen LogP contribution in [0.4, 0.5) is 5.69 Å². The Bertz CT molecular complexity index is 759. The molecule has 4 nitrogen and oxygen atoms in total. The molecule has 3 rings (SSSR count). The molecule has 0 aromatic heterocycles. The molecule has 0 unspecified atom stereocenters.